The van der Waals surface area contributed by atoms with Crippen molar-refractivity contribution in [1.29, 1.82) is 0 Å². The van der Waals surface area contributed by atoms with E-state index >= 15 is 0 Å². The molecule has 0 bridgehead atoms. The average Bonchev–Trinajstić information content (AvgIpc) is 2.60. The Labute approximate surface area is 150 Å². The highest BCUT2D eigenvalue weighted by molar-refractivity contribution is 5.85. The fourth-order valence-electron chi connectivity index (χ4n) is 2.96. The summed E-state index contributed by atoms with van der Waals surface area (Å²) in [6.07, 6.45) is 3.27. The van der Waals surface area contributed by atoms with E-state index in [0.29, 0.717) is 0 Å². The standard InChI is InChI=1S/C18H28N2O3.ClH/c1-14(4-5-15-6-8-16(22-2)9-7-15)20-17(21)18(23-3)10-12-19-13-11-18;/h6-9,14,19H,4-5,10-13H2,1-3H3,(H,20,21);1H. The number of nitrogens with one attached hydrogen (secondary N) is 2. The number of carbonyl (C=O) groups is 1. The highest BCUT2D eigenvalue weighted by Gasteiger charge is 2.39. The predicted molar refractivity (Wildman–Crippen MR) is 98.0 cm³/mol. The Hall–Kier alpha value is -1.30. The molecule has 1 heterocycles. The average molecular weight is 357 g/mol. The van der Waals surface area contributed by atoms with Crippen LogP contribution in [-0.4, -0.2) is 44.9 Å². The van der Waals surface area contributed by atoms with Crippen LogP contribution < -0.4 is 15.4 Å². The van der Waals surface area contributed by atoms with Crippen molar-refractivity contribution in [3.63, 3.8) is 0 Å². The maximum atomic E-state index is 12.6. The van der Waals surface area contributed by atoms with E-state index in [1.165, 1.54) is 5.56 Å². The second-order valence-corrected chi connectivity index (χ2v) is 6.21. The summed E-state index contributed by atoms with van der Waals surface area (Å²) in [6.45, 7) is 3.69. The Kier molecular flexibility index (Phi) is 8.53. The van der Waals surface area contributed by atoms with Gasteiger partial charge >= 0.3 is 0 Å². The van der Waals surface area contributed by atoms with Crippen LogP contribution in [0.25, 0.3) is 0 Å². The lowest BCUT2D eigenvalue weighted by molar-refractivity contribution is -0.147. The molecule has 1 aliphatic rings. The molecule has 0 saturated carbocycles. The van der Waals surface area contributed by atoms with Crippen LogP contribution in [0.3, 0.4) is 0 Å². The molecular weight excluding hydrogens is 328 g/mol. The van der Waals surface area contributed by atoms with E-state index in [2.05, 4.69) is 22.8 Å². The quantitative estimate of drug-likeness (QED) is 0.787. The normalized spacial score (nSPS) is 17.5. The highest BCUT2D eigenvalue weighted by Crippen LogP contribution is 2.23. The molecule has 24 heavy (non-hydrogen) atoms. The SMILES string of the molecule is COc1ccc(CCC(C)NC(=O)C2(OC)CCNCC2)cc1.Cl. The molecule has 2 N–H and O–H groups in total. The van der Waals surface area contributed by atoms with Crippen LogP contribution in [0.2, 0.25) is 0 Å². The maximum Gasteiger partial charge on any atom is 0.252 e. The smallest absolute Gasteiger partial charge is 0.252 e. The maximum absolute atomic E-state index is 12.6. The van der Waals surface area contributed by atoms with Crippen molar-refractivity contribution >= 4 is 18.3 Å². The van der Waals surface area contributed by atoms with Crippen LogP contribution in [0.5, 0.6) is 5.75 Å². The Bertz CT molecular complexity index is 501. The van der Waals surface area contributed by atoms with Gasteiger partial charge in [-0.05, 0) is 63.4 Å². The second kappa shape index (κ2) is 9.87. The number of hydrogen-bond donors (Lipinski definition) is 2. The Morgan fingerprint density at radius 2 is 1.88 bits per heavy atom. The van der Waals surface area contributed by atoms with Gasteiger partial charge in [-0.15, -0.1) is 12.4 Å². The molecule has 6 heteroatoms. The summed E-state index contributed by atoms with van der Waals surface area (Å²) in [4.78, 5) is 12.6. The summed E-state index contributed by atoms with van der Waals surface area (Å²) in [5, 5.41) is 6.39. The lowest BCUT2D eigenvalue weighted by Gasteiger charge is -2.35. The predicted octanol–water partition coefficient (Wildman–Crippen LogP) is 2.32. The number of ether oxygens (including phenoxy) is 2. The van der Waals surface area contributed by atoms with E-state index in [4.69, 9.17) is 9.47 Å². The Morgan fingerprint density at radius 3 is 2.42 bits per heavy atom. The molecule has 136 valence electrons. The summed E-state index contributed by atoms with van der Waals surface area (Å²) in [5.41, 5.74) is 0.579. The molecule has 0 spiro atoms. The highest BCUT2D eigenvalue weighted by atomic mass is 35.5. The third kappa shape index (κ3) is 5.36. The molecule has 1 fully saturated rings. The van der Waals surface area contributed by atoms with Gasteiger partial charge in [-0.1, -0.05) is 12.1 Å². The number of methoxy groups -OCH3 is 2. The van der Waals surface area contributed by atoms with Gasteiger partial charge in [-0.25, -0.2) is 0 Å². The van der Waals surface area contributed by atoms with Crippen molar-refractivity contribution in [2.24, 2.45) is 0 Å². The molecular formula is C18H29ClN2O3. The Balaban J connectivity index is 0.00000288. The van der Waals surface area contributed by atoms with E-state index in [1.807, 2.05) is 19.1 Å². The van der Waals surface area contributed by atoms with Gasteiger partial charge in [0.05, 0.1) is 7.11 Å². The number of benzene rings is 1. The topological polar surface area (TPSA) is 59.6 Å². The number of carbonyl (C=O) groups excluding carboxylic acids is 1. The largest absolute Gasteiger partial charge is 0.497 e. The van der Waals surface area contributed by atoms with Gasteiger partial charge in [0.2, 0.25) is 0 Å². The molecule has 1 unspecified atom stereocenters. The van der Waals surface area contributed by atoms with Gasteiger partial charge in [0, 0.05) is 13.2 Å². The molecule has 0 radical (unpaired) electrons. The van der Waals surface area contributed by atoms with Crippen molar-refractivity contribution in [3.05, 3.63) is 29.8 Å². The number of halogens is 1. The van der Waals surface area contributed by atoms with Crippen molar-refractivity contribution < 1.29 is 14.3 Å². The lowest BCUT2D eigenvalue weighted by Crippen LogP contribution is -2.55. The lowest BCUT2D eigenvalue weighted by atomic mass is 9.90. The first-order valence-electron chi connectivity index (χ1n) is 8.29. The second-order valence-electron chi connectivity index (χ2n) is 6.21. The van der Waals surface area contributed by atoms with E-state index in [1.54, 1.807) is 14.2 Å². The molecule has 1 aliphatic heterocycles. The number of aryl methyl sites for hydroxylation is 1. The van der Waals surface area contributed by atoms with Crippen LogP contribution in [0.4, 0.5) is 0 Å². The fraction of sp³-hybridized carbons (Fsp3) is 0.611. The zero-order chi connectivity index (χ0) is 16.7. The minimum absolute atomic E-state index is 0. The minimum atomic E-state index is -0.667. The molecule has 5 nitrogen and oxygen atoms in total. The molecule has 1 amide bonds. The molecule has 1 aromatic carbocycles. The summed E-state index contributed by atoms with van der Waals surface area (Å²) in [7, 11) is 3.30. The van der Waals surface area contributed by atoms with Crippen molar-refractivity contribution in [2.75, 3.05) is 27.3 Å². The number of piperidine rings is 1. The van der Waals surface area contributed by atoms with Gasteiger partial charge in [-0.2, -0.15) is 0 Å². The van der Waals surface area contributed by atoms with Gasteiger partial charge in [-0.3, -0.25) is 4.79 Å². The van der Waals surface area contributed by atoms with E-state index in [0.717, 1.165) is 44.5 Å². The zero-order valence-corrected chi connectivity index (χ0v) is 15.6. The van der Waals surface area contributed by atoms with Gasteiger partial charge in [0.15, 0.2) is 0 Å². The van der Waals surface area contributed by atoms with Crippen LogP contribution in [0.15, 0.2) is 24.3 Å². The summed E-state index contributed by atoms with van der Waals surface area (Å²) >= 11 is 0. The summed E-state index contributed by atoms with van der Waals surface area (Å²) in [6, 6.07) is 8.18. The minimum Gasteiger partial charge on any atom is -0.497 e. The van der Waals surface area contributed by atoms with E-state index in [9.17, 15) is 4.79 Å². The number of amides is 1. The van der Waals surface area contributed by atoms with Gasteiger partial charge < -0.3 is 20.1 Å². The number of hydrogen-bond acceptors (Lipinski definition) is 4. The van der Waals surface area contributed by atoms with E-state index < -0.39 is 5.60 Å². The molecule has 1 atom stereocenters. The van der Waals surface area contributed by atoms with Crippen molar-refractivity contribution in [1.82, 2.24) is 10.6 Å². The first-order chi connectivity index (χ1) is 11.1. The van der Waals surface area contributed by atoms with Gasteiger partial charge in [0.25, 0.3) is 5.91 Å². The van der Waals surface area contributed by atoms with Gasteiger partial charge in [0.1, 0.15) is 11.4 Å². The Morgan fingerprint density at radius 1 is 1.25 bits per heavy atom. The van der Waals surface area contributed by atoms with E-state index in [-0.39, 0.29) is 24.4 Å². The summed E-state index contributed by atoms with van der Waals surface area (Å²) < 4.78 is 10.7. The summed E-state index contributed by atoms with van der Waals surface area (Å²) in [5.74, 6) is 0.881. The zero-order valence-electron chi connectivity index (χ0n) is 14.8. The van der Waals surface area contributed by atoms with Crippen LogP contribution in [-0.2, 0) is 16.0 Å². The molecule has 1 saturated heterocycles. The molecule has 2 rings (SSSR count). The first kappa shape index (κ1) is 20.7. The number of rotatable bonds is 7. The molecule has 1 aromatic rings. The molecule has 0 aromatic heterocycles. The third-order valence-corrected chi connectivity index (χ3v) is 4.62. The fourth-order valence-corrected chi connectivity index (χ4v) is 2.96. The van der Waals surface area contributed by atoms with Crippen molar-refractivity contribution in [3.8, 4) is 5.75 Å². The van der Waals surface area contributed by atoms with Crippen LogP contribution in [0, 0.1) is 0 Å². The monoisotopic (exact) mass is 356 g/mol. The van der Waals surface area contributed by atoms with Crippen LogP contribution in [0.1, 0.15) is 31.7 Å². The first-order valence-corrected chi connectivity index (χ1v) is 8.29. The van der Waals surface area contributed by atoms with Crippen molar-refractivity contribution in [2.45, 2.75) is 44.2 Å². The third-order valence-electron chi connectivity index (χ3n) is 4.62. The van der Waals surface area contributed by atoms with Crippen LogP contribution >= 0.6 is 12.4 Å². The molecule has 0 aliphatic carbocycles.